The standard InChI is InChI=1S/C12H10F3NO4/c1-20-11(17)10(12(13,14)15)7-4-8-2-5-9(6-3-8)16(18)19/h2-7,10H,1H3/b7-4-. The Morgan fingerprint density at radius 1 is 1.35 bits per heavy atom. The van der Waals surface area contributed by atoms with Gasteiger partial charge in [0.25, 0.3) is 5.69 Å². The minimum atomic E-state index is -4.76. The number of halogens is 3. The number of rotatable bonds is 4. The Morgan fingerprint density at radius 2 is 1.90 bits per heavy atom. The summed E-state index contributed by atoms with van der Waals surface area (Å²) in [6.07, 6.45) is -3.06. The lowest BCUT2D eigenvalue weighted by molar-refractivity contribution is -0.384. The first-order valence-electron chi connectivity index (χ1n) is 5.33. The van der Waals surface area contributed by atoms with Gasteiger partial charge in [-0.2, -0.15) is 13.2 Å². The highest BCUT2D eigenvalue weighted by Gasteiger charge is 2.43. The molecule has 1 atom stereocenters. The van der Waals surface area contributed by atoms with Gasteiger partial charge in [0.05, 0.1) is 12.0 Å². The Kier molecular flexibility index (Phi) is 4.84. The number of nitrogens with zero attached hydrogens (tertiary/aromatic N) is 1. The molecule has 0 amide bonds. The molecule has 0 aromatic heterocycles. The third-order valence-electron chi connectivity index (χ3n) is 2.39. The largest absolute Gasteiger partial charge is 0.468 e. The van der Waals surface area contributed by atoms with Gasteiger partial charge in [0.15, 0.2) is 5.92 Å². The van der Waals surface area contributed by atoms with Crippen molar-refractivity contribution in [1.29, 1.82) is 0 Å². The smallest absolute Gasteiger partial charge is 0.405 e. The van der Waals surface area contributed by atoms with E-state index < -0.39 is 23.0 Å². The molecule has 1 unspecified atom stereocenters. The molecular formula is C12H10F3NO4. The van der Waals surface area contributed by atoms with Crippen molar-refractivity contribution in [2.24, 2.45) is 5.92 Å². The van der Waals surface area contributed by atoms with Crippen molar-refractivity contribution in [3.63, 3.8) is 0 Å². The van der Waals surface area contributed by atoms with Gasteiger partial charge in [-0.05, 0) is 17.7 Å². The van der Waals surface area contributed by atoms with Crippen molar-refractivity contribution in [2.75, 3.05) is 7.11 Å². The number of nitro benzene ring substituents is 1. The molecule has 1 rings (SSSR count). The number of hydrogen-bond donors (Lipinski definition) is 0. The van der Waals surface area contributed by atoms with Crippen LogP contribution in [0.2, 0.25) is 0 Å². The van der Waals surface area contributed by atoms with Gasteiger partial charge < -0.3 is 4.74 Å². The molecule has 0 bridgehead atoms. The van der Waals surface area contributed by atoms with Gasteiger partial charge in [-0.3, -0.25) is 14.9 Å². The van der Waals surface area contributed by atoms with Crippen LogP contribution in [0.3, 0.4) is 0 Å². The molecule has 0 aliphatic rings. The molecule has 0 N–H and O–H groups in total. The highest BCUT2D eigenvalue weighted by Crippen LogP contribution is 2.29. The van der Waals surface area contributed by atoms with E-state index in [0.717, 1.165) is 25.3 Å². The Bertz CT molecular complexity index is 522. The van der Waals surface area contributed by atoms with Crippen molar-refractivity contribution in [2.45, 2.75) is 6.18 Å². The minimum absolute atomic E-state index is 0.178. The Hall–Kier alpha value is -2.38. The molecule has 0 radical (unpaired) electrons. The van der Waals surface area contributed by atoms with Gasteiger partial charge in [-0.25, -0.2) is 0 Å². The molecule has 8 heteroatoms. The first-order valence-corrected chi connectivity index (χ1v) is 5.33. The summed E-state index contributed by atoms with van der Waals surface area (Å²) in [7, 11) is 0.862. The molecule has 20 heavy (non-hydrogen) atoms. The number of benzene rings is 1. The second-order valence-corrected chi connectivity index (χ2v) is 3.75. The fourth-order valence-electron chi connectivity index (χ4n) is 1.36. The number of carbonyl (C=O) groups excluding carboxylic acids is 1. The van der Waals surface area contributed by atoms with E-state index in [1.807, 2.05) is 0 Å². The summed E-state index contributed by atoms with van der Waals surface area (Å²) in [6, 6.07) is 4.86. The number of non-ortho nitro benzene ring substituents is 1. The zero-order valence-electron chi connectivity index (χ0n) is 10.3. The van der Waals surface area contributed by atoms with E-state index in [4.69, 9.17) is 0 Å². The number of hydrogen-bond acceptors (Lipinski definition) is 4. The molecule has 1 aromatic carbocycles. The Morgan fingerprint density at radius 3 is 2.30 bits per heavy atom. The predicted octanol–water partition coefficient (Wildman–Crippen LogP) is 2.96. The van der Waals surface area contributed by atoms with Crippen LogP contribution in [0.25, 0.3) is 6.08 Å². The second-order valence-electron chi connectivity index (χ2n) is 3.75. The summed E-state index contributed by atoms with van der Waals surface area (Å²) in [4.78, 5) is 20.8. The molecule has 0 aliphatic carbocycles. The maximum absolute atomic E-state index is 12.6. The van der Waals surface area contributed by atoms with Crippen molar-refractivity contribution in [3.8, 4) is 0 Å². The van der Waals surface area contributed by atoms with Crippen LogP contribution in [0.15, 0.2) is 30.3 Å². The maximum atomic E-state index is 12.6. The second kappa shape index (κ2) is 6.18. The summed E-state index contributed by atoms with van der Waals surface area (Å²) in [5.74, 6) is -3.79. The number of nitro groups is 1. The van der Waals surface area contributed by atoms with E-state index in [2.05, 4.69) is 4.74 Å². The normalized spacial score (nSPS) is 13.2. The molecular weight excluding hydrogens is 279 g/mol. The highest BCUT2D eigenvalue weighted by molar-refractivity contribution is 5.76. The number of carbonyl (C=O) groups is 1. The molecule has 0 aliphatic heterocycles. The monoisotopic (exact) mass is 289 g/mol. The van der Waals surface area contributed by atoms with E-state index in [1.54, 1.807) is 0 Å². The van der Waals surface area contributed by atoms with Gasteiger partial charge in [-0.15, -0.1) is 0 Å². The van der Waals surface area contributed by atoms with Crippen LogP contribution in [-0.4, -0.2) is 24.2 Å². The van der Waals surface area contributed by atoms with Crippen LogP contribution in [-0.2, 0) is 9.53 Å². The highest BCUT2D eigenvalue weighted by atomic mass is 19.4. The van der Waals surface area contributed by atoms with Crippen LogP contribution in [0.1, 0.15) is 5.56 Å². The lowest BCUT2D eigenvalue weighted by atomic mass is 10.1. The number of ether oxygens (including phenoxy) is 1. The topological polar surface area (TPSA) is 69.4 Å². The fraction of sp³-hybridized carbons (Fsp3) is 0.250. The van der Waals surface area contributed by atoms with Gasteiger partial charge in [-0.1, -0.05) is 12.2 Å². The zero-order chi connectivity index (χ0) is 15.3. The summed E-state index contributed by atoms with van der Waals surface area (Å²) < 4.78 is 41.8. The first-order chi connectivity index (χ1) is 9.25. The van der Waals surface area contributed by atoms with E-state index in [-0.39, 0.29) is 5.69 Å². The Labute approximate surface area is 111 Å². The molecule has 0 saturated carbocycles. The number of alkyl halides is 3. The molecule has 1 aromatic rings. The lowest BCUT2D eigenvalue weighted by Crippen LogP contribution is -2.29. The van der Waals surface area contributed by atoms with Gasteiger partial charge >= 0.3 is 12.1 Å². The van der Waals surface area contributed by atoms with Crippen LogP contribution in [0.4, 0.5) is 18.9 Å². The van der Waals surface area contributed by atoms with E-state index >= 15 is 0 Å². The molecule has 0 saturated heterocycles. The fourth-order valence-corrected chi connectivity index (χ4v) is 1.36. The number of methoxy groups -OCH3 is 1. The summed E-state index contributed by atoms with van der Waals surface area (Å²) >= 11 is 0. The average Bonchev–Trinajstić information content (AvgIpc) is 2.37. The third-order valence-corrected chi connectivity index (χ3v) is 2.39. The van der Waals surface area contributed by atoms with E-state index in [9.17, 15) is 28.1 Å². The minimum Gasteiger partial charge on any atom is -0.468 e. The molecule has 5 nitrogen and oxygen atoms in total. The molecule has 0 fully saturated rings. The van der Waals surface area contributed by atoms with Gasteiger partial charge in [0.1, 0.15) is 0 Å². The Balaban J connectivity index is 2.93. The van der Waals surface area contributed by atoms with Crippen LogP contribution < -0.4 is 0 Å². The van der Waals surface area contributed by atoms with Crippen LogP contribution in [0, 0.1) is 16.0 Å². The quantitative estimate of drug-likeness (QED) is 0.485. The third kappa shape index (κ3) is 4.08. The molecule has 108 valence electrons. The van der Waals surface area contributed by atoms with Crippen LogP contribution >= 0.6 is 0 Å². The van der Waals surface area contributed by atoms with Crippen molar-refractivity contribution >= 4 is 17.7 Å². The first kappa shape index (κ1) is 15.7. The van der Waals surface area contributed by atoms with E-state index in [1.165, 1.54) is 12.1 Å². The SMILES string of the molecule is COC(=O)C(/C=C\c1ccc([N+](=O)[O-])cc1)C(F)(F)F. The summed E-state index contributed by atoms with van der Waals surface area (Å²) in [5, 5.41) is 10.4. The maximum Gasteiger partial charge on any atom is 0.405 e. The lowest BCUT2D eigenvalue weighted by Gasteiger charge is -2.13. The van der Waals surface area contributed by atoms with E-state index in [0.29, 0.717) is 11.6 Å². The molecule has 0 spiro atoms. The number of esters is 1. The zero-order valence-corrected chi connectivity index (χ0v) is 10.3. The van der Waals surface area contributed by atoms with Gasteiger partial charge in [0, 0.05) is 12.1 Å². The summed E-state index contributed by atoms with van der Waals surface area (Å²) in [6.45, 7) is 0. The molecule has 0 heterocycles. The van der Waals surface area contributed by atoms with Crippen LogP contribution in [0.5, 0.6) is 0 Å². The average molecular weight is 289 g/mol. The predicted molar refractivity (Wildman–Crippen MR) is 63.7 cm³/mol. The van der Waals surface area contributed by atoms with Crippen molar-refractivity contribution in [1.82, 2.24) is 0 Å². The van der Waals surface area contributed by atoms with Crippen molar-refractivity contribution < 1.29 is 27.6 Å². The van der Waals surface area contributed by atoms with Crippen molar-refractivity contribution in [3.05, 3.63) is 46.0 Å². The van der Waals surface area contributed by atoms with Gasteiger partial charge in [0.2, 0.25) is 0 Å². The summed E-state index contributed by atoms with van der Waals surface area (Å²) in [5.41, 5.74) is 0.122.